The first kappa shape index (κ1) is 15.6. The molecule has 1 unspecified atom stereocenters. The van der Waals surface area contributed by atoms with Gasteiger partial charge in [0.2, 0.25) is 5.91 Å². The van der Waals surface area contributed by atoms with Crippen molar-refractivity contribution in [3.8, 4) is 5.75 Å². The lowest BCUT2D eigenvalue weighted by molar-refractivity contribution is -0.153. The van der Waals surface area contributed by atoms with Gasteiger partial charge in [-0.2, -0.15) is 0 Å². The minimum atomic E-state index is -0.459. The van der Waals surface area contributed by atoms with E-state index >= 15 is 0 Å². The summed E-state index contributed by atoms with van der Waals surface area (Å²) < 4.78 is 10.3. The van der Waals surface area contributed by atoms with Crippen LogP contribution in [0.5, 0.6) is 5.75 Å². The van der Waals surface area contributed by atoms with Gasteiger partial charge in [-0.3, -0.25) is 4.79 Å². The highest BCUT2D eigenvalue weighted by Crippen LogP contribution is 2.26. The minimum absolute atomic E-state index is 0.142. The van der Waals surface area contributed by atoms with E-state index in [-0.39, 0.29) is 11.9 Å². The van der Waals surface area contributed by atoms with E-state index in [2.05, 4.69) is 0 Å². The number of hydrogen-bond donors (Lipinski definition) is 0. The Morgan fingerprint density at radius 1 is 1.35 bits per heavy atom. The van der Waals surface area contributed by atoms with Gasteiger partial charge in [-0.25, -0.2) is 4.79 Å². The van der Waals surface area contributed by atoms with Crippen LogP contribution < -0.4 is 4.74 Å². The zero-order valence-electron chi connectivity index (χ0n) is 13.3. The summed E-state index contributed by atoms with van der Waals surface area (Å²) in [6, 6.07) is 5.45. The summed E-state index contributed by atoms with van der Waals surface area (Å²) >= 11 is 0. The van der Waals surface area contributed by atoms with Gasteiger partial charge in [-0.15, -0.1) is 0 Å². The van der Waals surface area contributed by atoms with Gasteiger partial charge < -0.3 is 14.4 Å². The summed E-state index contributed by atoms with van der Waals surface area (Å²) in [4.78, 5) is 25.9. The molecule has 0 aromatic heterocycles. The first-order valence-electron chi connectivity index (χ1n) is 8.01. The number of likely N-dealkylation sites (tertiary alicyclic amines) is 1. The molecule has 0 radical (unpaired) electrons. The van der Waals surface area contributed by atoms with Gasteiger partial charge >= 0.3 is 5.97 Å². The average molecular weight is 315 g/mol. The second kappa shape index (κ2) is 6.86. The molecule has 1 amide bonds. The van der Waals surface area contributed by atoms with E-state index in [4.69, 9.17) is 9.47 Å². The summed E-state index contributed by atoms with van der Waals surface area (Å²) in [5.41, 5.74) is 2.14. The Bertz CT molecular complexity index is 638. The average Bonchev–Trinajstić information content (AvgIpc) is 3.06. The molecular weight excluding hydrogens is 294 g/mol. The van der Waals surface area contributed by atoms with Crippen molar-refractivity contribution in [2.45, 2.75) is 31.7 Å². The molecule has 1 fully saturated rings. The fourth-order valence-corrected chi connectivity index (χ4v) is 3.15. The second-order valence-corrected chi connectivity index (χ2v) is 5.87. The molecule has 1 aromatic carbocycles. The van der Waals surface area contributed by atoms with Gasteiger partial charge in [0.15, 0.2) is 0 Å². The lowest BCUT2D eigenvalue weighted by Crippen LogP contribution is -2.47. The number of esters is 1. The van der Waals surface area contributed by atoms with Crippen LogP contribution in [-0.2, 0) is 20.7 Å². The number of rotatable bonds is 3. The minimum Gasteiger partial charge on any atom is -0.493 e. The molecule has 3 rings (SSSR count). The van der Waals surface area contributed by atoms with E-state index in [0.717, 1.165) is 37.2 Å². The summed E-state index contributed by atoms with van der Waals surface area (Å²) in [7, 11) is 1.36. The van der Waals surface area contributed by atoms with Gasteiger partial charge in [0, 0.05) is 19.0 Å². The van der Waals surface area contributed by atoms with Crippen molar-refractivity contribution < 1.29 is 19.1 Å². The number of ether oxygens (including phenoxy) is 2. The second-order valence-electron chi connectivity index (χ2n) is 5.87. The molecule has 0 spiro atoms. The molecule has 5 nitrogen and oxygen atoms in total. The lowest BCUT2D eigenvalue weighted by atomic mass is 10.0. The monoisotopic (exact) mass is 315 g/mol. The van der Waals surface area contributed by atoms with Crippen LogP contribution in [0.25, 0.3) is 6.08 Å². The predicted molar refractivity (Wildman–Crippen MR) is 86.0 cm³/mol. The SMILES string of the molecule is COC(=O)C1CCCCN1C(=O)/C=C/c1ccc2c(c1)CCO2. The van der Waals surface area contributed by atoms with E-state index < -0.39 is 6.04 Å². The zero-order valence-corrected chi connectivity index (χ0v) is 13.3. The number of nitrogens with zero attached hydrogens (tertiary/aromatic N) is 1. The van der Waals surface area contributed by atoms with Crippen LogP contribution in [0.4, 0.5) is 0 Å². The topological polar surface area (TPSA) is 55.8 Å². The third kappa shape index (κ3) is 3.38. The quantitative estimate of drug-likeness (QED) is 0.634. The van der Waals surface area contributed by atoms with Gasteiger partial charge in [0.25, 0.3) is 0 Å². The van der Waals surface area contributed by atoms with Crippen molar-refractivity contribution in [3.63, 3.8) is 0 Å². The Hall–Kier alpha value is -2.30. The normalized spacial score (nSPS) is 20.2. The van der Waals surface area contributed by atoms with Crippen LogP contribution in [0.3, 0.4) is 0 Å². The van der Waals surface area contributed by atoms with E-state index in [1.165, 1.54) is 12.7 Å². The predicted octanol–water partition coefficient (Wildman–Crippen LogP) is 2.19. The van der Waals surface area contributed by atoms with E-state index in [1.54, 1.807) is 17.1 Å². The highest BCUT2D eigenvalue weighted by atomic mass is 16.5. The molecule has 0 N–H and O–H groups in total. The van der Waals surface area contributed by atoms with Gasteiger partial charge in [-0.1, -0.05) is 6.07 Å². The number of methoxy groups -OCH3 is 1. The number of carbonyl (C=O) groups excluding carboxylic acids is 2. The van der Waals surface area contributed by atoms with E-state index in [0.29, 0.717) is 13.0 Å². The molecule has 2 heterocycles. The molecule has 1 saturated heterocycles. The maximum atomic E-state index is 12.4. The van der Waals surface area contributed by atoms with Crippen LogP contribution in [0.2, 0.25) is 0 Å². The molecule has 5 heteroatoms. The number of fused-ring (bicyclic) bond motifs is 1. The van der Waals surface area contributed by atoms with E-state index in [9.17, 15) is 9.59 Å². The van der Waals surface area contributed by atoms with Crippen molar-refractivity contribution in [1.29, 1.82) is 0 Å². The summed E-state index contributed by atoms with van der Waals surface area (Å²) in [6.45, 7) is 1.32. The molecule has 1 atom stereocenters. The maximum absolute atomic E-state index is 12.4. The van der Waals surface area contributed by atoms with Crippen LogP contribution in [-0.4, -0.2) is 43.1 Å². The fraction of sp³-hybridized carbons (Fsp3) is 0.444. The Kier molecular flexibility index (Phi) is 4.65. The number of piperidine rings is 1. The summed E-state index contributed by atoms with van der Waals surface area (Å²) in [5.74, 6) is 0.452. The highest BCUT2D eigenvalue weighted by Gasteiger charge is 2.31. The fourth-order valence-electron chi connectivity index (χ4n) is 3.15. The molecule has 0 bridgehead atoms. The molecule has 2 aliphatic heterocycles. The number of hydrogen-bond acceptors (Lipinski definition) is 4. The first-order chi connectivity index (χ1) is 11.2. The van der Waals surface area contributed by atoms with Gasteiger partial charge in [0.1, 0.15) is 11.8 Å². The molecule has 0 aliphatic carbocycles. The van der Waals surface area contributed by atoms with Crippen molar-refractivity contribution in [2.75, 3.05) is 20.3 Å². The first-order valence-corrected chi connectivity index (χ1v) is 8.01. The van der Waals surface area contributed by atoms with Crippen LogP contribution in [0.15, 0.2) is 24.3 Å². The van der Waals surface area contributed by atoms with E-state index in [1.807, 2.05) is 18.2 Å². The third-order valence-electron chi connectivity index (χ3n) is 4.39. The Balaban J connectivity index is 1.71. The van der Waals surface area contributed by atoms with Crippen molar-refractivity contribution >= 4 is 18.0 Å². The summed E-state index contributed by atoms with van der Waals surface area (Å²) in [5, 5.41) is 0. The highest BCUT2D eigenvalue weighted by molar-refractivity contribution is 5.94. The largest absolute Gasteiger partial charge is 0.493 e. The van der Waals surface area contributed by atoms with Crippen LogP contribution in [0.1, 0.15) is 30.4 Å². The Morgan fingerprint density at radius 2 is 2.22 bits per heavy atom. The van der Waals surface area contributed by atoms with Gasteiger partial charge in [-0.05, 0) is 48.6 Å². The standard InChI is InChI=1S/C18H21NO4/c1-22-18(21)15-4-2-3-10-19(15)17(20)8-6-13-5-7-16-14(12-13)9-11-23-16/h5-8,12,15H,2-4,9-11H2,1H3/b8-6+. The van der Waals surface area contributed by atoms with Gasteiger partial charge in [0.05, 0.1) is 13.7 Å². The number of carbonyl (C=O) groups is 2. The van der Waals surface area contributed by atoms with Crippen molar-refractivity contribution in [3.05, 3.63) is 35.4 Å². The Labute approximate surface area is 135 Å². The van der Waals surface area contributed by atoms with Crippen LogP contribution >= 0.6 is 0 Å². The Morgan fingerprint density at radius 3 is 3.04 bits per heavy atom. The van der Waals surface area contributed by atoms with Crippen molar-refractivity contribution in [1.82, 2.24) is 4.90 Å². The van der Waals surface area contributed by atoms with Crippen molar-refractivity contribution in [2.24, 2.45) is 0 Å². The van der Waals surface area contributed by atoms with Crippen LogP contribution in [0, 0.1) is 0 Å². The number of amides is 1. The molecule has 0 saturated carbocycles. The lowest BCUT2D eigenvalue weighted by Gasteiger charge is -2.32. The third-order valence-corrected chi connectivity index (χ3v) is 4.39. The number of benzene rings is 1. The zero-order chi connectivity index (χ0) is 16.2. The molecule has 122 valence electrons. The summed E-state index contributed by atoms with van der Waals surface area (Å²) in [6.07, 6.45) is 6.77. The molecular formula is C18H21NO4. The smallest absolute Gasteiger partial charge is 0.328 e. The molecule has 1 aromatic rings. The maximum Gasteiger partial charge on any atom is 0.328 e. The molecule has 2 aliphatic rings. The molecule has 23 heavy (non-hydrogen) atoms.